The molecule has 1 unspecified atom stereocenters. The number of hydrogen-bond acceptors (Lipinski definition) is 3. The van der Waals surface area contributed by atoms with Crippen LogP contribution in [0.2, 0.25) is 0 Å². The quantitative estimate of drug-likeness (QED) is 0.762. The monoisotopic (exact) mass is 240 g/mol. The number of amides is 1. The third-order valence-electron chi connectivity index (χ3n) is 3.27. The first-order chi connectivity index (χ1) is 8.13. The Balaban J connectivity index is 2.37. The van der Waals surface area contributed by atoms with Crippen molar-refractivity contribution in [2.75, 3.05) is 19.6 Å². The predicted octanol–water partition coefficient (Wildman–Crippen LogP) is 1.35. The molecule has 1 heterocycles. The van der Waals surface area contributed by atoms with E-state index in [1.807, 2.05) is 6.92 Å². The summed E-state index contributed by atoms with van der Waals surface area (Å²) in [6.45, 7) is 6.07. The third kappa shape index (κ3) is 5.31. The number of rotatable bonds is 6. The normalized spacial score (nSPS) is 21.2. The van der Waals surface area contributed by atoms with Crippen LogP contribution in [-0.4, -0.2) is 42.3 Å². The summed E-state index contributed by atoms with van der Waals surface area (Å²) in [5, 5.41) is 2.81. The zero-order chi connectivity index (χ0) is 12.7. The van der Waals surface area contributed by atoms with Gasteiger partial charge < -0.3 is 5.32 Å². The molecular weight excluding hydrogens is 216 g/mol. The molecule has 1 N–H and O–H groups in total. The molecule has 0 aliphatic carbocycles. The van der Waals surface area contributed by atoms with Crippen molar-refractivity contribution in [3.05, 3.63) is 0 Å². The van der Waals surface area contributed by atoms with Crippen LogP contribution in [0.5, 0.6) is 0 Å². The minimum atomic E-state index is 0.111. The molecule has 0 bridgehead atoms. The van der Waals surface area contributed by atoms with E-state index in [-0.39, 0.29) is 11.7 Å². The van der Waals surface area contributed by atoms with E-state index in [2.05, 4.69) is 10.2 Å². The second kappa shape index (κ2) is 7.43. The van der Waals surface area contributed by atoms with Crippen molar-refractivity contribution in [3.8, 4) is 0 Å². The van der Waals surface area contributed by atoms with Gasteiger partial charge in [-0.1, -0.05) is 6.42 Å². The van der Waals surface area contributed by atoms with Crippen LogP contribution < -0.4 is 5.32 Å². The van der Waals surface area contributed by atoms with Gasteiger partial charge in [-0.3, -0.25) is 14.5 Å². The number of hydrogen-bond donors (Lipinski definition) is 1. The van der Waals surface area contributed by atoms with E-state index >= 15 is 0 Å². The first kappa shape index (κ1) is 14.2. The first-order valence-corrected chi connectivity index (χ1v) is 6.63. The van der Waals surface area contributed by atoms with Gasteiger partial charge in [0, 0.05) is 32.0 Å². The molecule has 0 aromatic carbocycles. The van der Waals surface area contributed by atoms with Crippen molar-refractivity contribution in [2.45, 2.75) is 52.0 Å². The lowest BCUT2D eigenvalue weighted by Gasteiger charge is -2.35. The summed E-state index contributed by atoms with van der Waals surface area (Å²) in [6.07, 6.45) is 4.66. The van der Waals surface area contributed by atoms with Crippen LogP contribution in [0.4, 0.5) is 0 Å². The Hall–Kier alpha value is -0.900. The van der Waals surface area contributed by atoms with Crippen LogP contribution in [0.1, 0.15) is 46.0 Å². The minimum Gasteiger partial charge on any atom is -0.356 e. The molecule has 0 radical (unpaired) electrons. The highest BCUT2D eigenvalue weighted by Gasteiger charge is 2.23. The Labute approximate surface area is 104 Å². The van der Waals surface area contributed by atoms with Crippen LogP contribution in [0.3, 0.4) is 0 Å². The fourth-order valence-electron chi connectivity index (χ4n) is 2.45. The number of nitrogens with one attached hydrogen (secondary N) is 1. The molecule has 17 heavy (non-hydrogen) atoms. The highest BCUT2D eigenvalue weighted by molar-refractivity contribution is 5.76. The Morgan fingerprint density at radius 1 is 1.35 bits per heavy atom. The first-order valence-electron chi connectivity index (χ1n) is 6.63. The maximum atomic E-state index is 11.4. The fraction of sp³-hybridized carbons (Fsp3) is 0.846. The molecule has 1 atom stereocenters. The molecule has 0 saturated carbocycles. The molecule has 1 aliphatic heterocycles. The fourth-order valence-corrected chi connectivity index (χ4v) is 2.45. The van der Waals surface area contributed by atoms with Gasteiger partial charge in [0.15, 0.2) is 0 Å². The molecule has 0 aromatic rings. The Morgan fingerprint density at radius 3 is 2.76 bits per heavy atom. The van der Waals surface area contributed by atoms with Gasteiger partial charge in [0.25, 0.3) is 0 Å². The van der Waals surface area contributed by atoms with Gasteiger partial charge in [0.05, 0.1) is 0 Å². The van der Waals surface area contributed by atoms with Gasteiger partial charge in [0.1, 0.15) is 5.78 Å². The topological polar surface area (TPSA) is 49.4 Å². The summed E-state index contributed by atoms with van der Waals surface area (Å²) in [4.78, 5) is 24.9. The lowest BCUT2D eigenvalue weighted by molar-refractivity contribution is -0.121. The molecule has 0 aromatic heterocycles. The number of ketones is 1. The zero-order valence-electron chi connectivity index (χ0n) is 11.0. The summed E-state index contributed by atoms with van der Waals surface area (Å²) in [7, 11) is 0. The Bertz CT molecular complexity index is 266. The molecule has 0 spiro atoms. The van der Waals surface area contributed by atoms with Gasteiger partial charge in [-0.15, -0.1) is 0 Å². The molecule has 1 saturated heterocycles. The molecular formula is C13H24N2O2. The summed E-state index contributed by atoms with van der Waals surface area (Å²) in [6, 6.07) is 0.357. The molecule has 1 aliphatic rings. The molecule has 98 valence electrons. The molecule has 1 amide bonds. The lowest BCUT2D eigenvalue weighted by atomic mass is 9.97. The van der Waals surface area contributed by atoms with Crippen LogP contribution >= 0.6 is 0 Å². The number of likely N-dealkylation sites (tertiary alicyclic amines) is 1. The second-order valence-electron chi connectivity index (χ2n) is 4.80. The highest BCUT2D eigenvalue weighted by Crippen LogP contribution is 2.19. The third-order valence-corrected chi connectivity index (χ3v) is 3.27. The van der Waals surface area contributed by atoms with E-state index in [1.165, 1.54) is 12.8 Å². The van der Waals surface area contributed by atoms with E-state index in [4.69, 9.17) is 0 Å². The molecule has 4 heteroatoms. The SMILES string of the molecule is CCNC(=O)CCN1CCCCC1CC(C)=O. The largest absolute Gasteiger partial charge is 0.356 e. The molecule has 1 rings (SSSR count). The van der Waals surface area contributed by atoms with Gasteiger partial charge in [0.2, 0.25) is 5.91 Å². The van der Waals surface area contributed by atoms with Crippen molar-refractivity contribution >= 4 is 11.7 Å². The zero-order valence-corrected chi connectivity index (χ0v) is 11.0. The van der Waals surface area contributed by atoms with Gasteiger partial charge in [-0.05, 0) is 33.2 Å². The number of carbonyl (C=O) groups is 2. The van der Waals surface area contributed by atoms with E-state index in [1.54, 1.807) is 6.92 Å². The molecule has 4 nitrogen and oxygen atoms in total. The number of Topliss-reactive ketones (excluding diaryl/α,β-unsaturated/α-hetero) is 1. The Morgan fingerprint density at radius 2 is 2.12 bits per heavy atom. The van der Waals surface area contributed by atoms with E-state index in [0.717, 1.165) is 19.5 Å². The number of nitrogens with zero attached hydrogens (tertiary/aromatic N) is 1. The van der Waals surface area contributed by atoms with Crippen LogP contribution in [0.25, 0.3) is 0 Å². The predicted molar refractivity (Wildman–Crippen MR) is 67.8 cm³/mol. The smallest absolute Gasteiger partial charge is 0.221 e. The van der Waals surface area contributed by atoms with Crippen LogP contribution in [0.15, 0.2) is 0 Å². The summed E-state index contributed by atoms with van der Waals surface area (Å²) < 4.78 is 0. The lowest BCUT2D eigenvalue weighted by Crippen LogP contribution is -2.42. The number of carbonyl (C=O) groups excluding carboxylic acids is 2. The summed E-state index contributed by atoms with van der Waals surface area (Å²) in [5.74, 6) is 0.361. The maximum Gasteiger partial charge on any atom is 0.221 e. The van der Waals surface area contributed by atoms with Crippen molar-refractivity contribution in [2.24, 2.45) is 0 Å². The van der Waals surface area contributed by atoms with E-state index < -0.39 is 0 Å². The van der Waals surface area contributed by atoms with Crippen LogP contribution in [0, 0.1) is 0 Å². The van der Waals surface area contributed by atoms with E-state index in [0.29, 0.717) is 25.4 Å². The van der Waals surface area contributed by atoms with Crippen molar-refractivity contribution in [1.29, 1.82) is 0 Å². The van der Waals surface area contributed by atoms with Crippen LogP contribution in [-0.2, 0) is 9.59 Å². The van der Waals surface area contributed by atoms with Crippen molar-refractivity contribution < 1.29 is 9.59 Å². The standard InChI is InChI=1S/C13H24N2O2/c1-3-14-13(17)7-9-15-8-5-4-6-12(15)10-11(2)16/h12H,3-10H2,1-2H3,(H,14,17). The van der Waals surface area contributed by atoms with E-state index in [9.17, 15) is 9.59 Å². The van der Waals surface area contributed by atoms with Gasteiger partial charge in [-0.25, -0.2) is 0 Å². The second-order valence-corrected chi connectivity index (χ2v) is 4.80. The van der Waals surface area contributed by atoms with Crippen molar-refractivity contribution in [3.63, 3.8) is 0 Å². The number of piperidine rings is 1. The van der Waals surface area contributed by atoms with Gasteiger partial charge in [-0.2, -0.15) is 0 Å². The van der Waals surface area contributed by atoms with Crippen molar-refractivity contribution in [1.82, 2.24) is 10.2 Å². The minimum absolute atomic E-state index is 0.111. The summed E-state index contributed by atoms with van der Waals surface area (Å²) in [5.41, 5.74) is 0. The Kier molecular flexibility index (Phi) is 6.19. The average molecular weight is 240 g/mol. The maximum absolute atomic E-state index is 11.4. The molecule has 1 fully saturated rings. The highest BCUT2D eigenvalue weighted by atomic mass is 16.1. The summed E-state index contributed by atoms with van der Waals surface area (Å²) >= 11 is 0. The average Bonchev–Trinajstić information content (AvgIpc) is 2.27. The van der Waals surface area contributed by atoms with Gasteiger partial charge >= 0.3 is 0 Å².